The minimum absolute atomic E-state index is 0.200. The van der Waals surface area contributed by atoms with Crippen molar-refractivity contribution in [1.29, 1.82) is 0 Å². The molecule has 0 aliphatic carbocycles. The van der Waals surface area contributed by atoms with Gasteiger partial charge < -0.3 is 5.32 Å². The lowest BCUT2D eigenvalue weighted by Crippen LogP contribution is -2.24. The van der Waals surface area contributed by atoms with Crippen molar-refractivity contribution >= 4 is 34.7 Å². The van der Waals surface area contributed by atoms with E-state index in [1.165, 1.54) is 0 Å². The zero-order chi connectivity index (χ0) is 16.4. The van der Waals surface area contributed by atoms with Crippen molar-refractivity contribution in [2.75, 3.05) is 6.26 Å². The first-order valence-electron chi connectivity index (χ1n) is 7.11. The number of amides is 1. The minimum atomic E-state index is -0.200. The highest BCUT2D eigenvalue weighted by atomic mass is 32.2. The zero-order valence-corrected chi connectivity index (χ0v) is 14.8. The molecule has 23 heavy (non-hydrogen) atoms. The Kier molecular flexibility index (Phi) is 4.63. The Labute approximate surface area is 142 Å². The number of thioether (sulfide) groups is 1. The molecule has 0 radical (unpaired) electrons. The first kappa shape index (κ1) is 15.9. The van der Waals surface area contributed by atoms with Crippen LogP contribution in [0.25, 0.3) is 5.65 Å². The second kappa shape index (κ2) is 6.67. The smallest absolute Gasteiger partial charge is 0.270 e. The maximum absolute atomic E-state index is 12.3. The molecule has 0 saturated carbocycles. The fourth-order valence-corrected chi connectivity index (χ4v) is 3.75. The Morgan fingerprint density at radius 1 is 1.35 bits per heavy atom. The van der Waals surface area contributed by atoms with Gasteiger partial charge in [0.2, 0.25) is 0 Å². The summed E-state index contributed by atoms with van der Waals surface area (Å²) >= 11 is 3.35. The maximum atomic E-state index is 12.3. The third-order valence-electron chi connectivity index (χ3n) is 3.26. The predicted octanol–water partition coefficient (Wildman–Crippen LogP) is 2.60. The molecule has 0 aliphatic heterocycles. The van der Waals surface area contributed by atoms with E-state index in [9.17, 15) is 4.79 Å². The van der Waals surface area contributed by atoms with Crippen LogP contribution in [0.1, 0.15) is 32.6 Å². The van der Waals surface area contributed by atoms with E-state index >= 15 is 0 Å². The molecule has 0 bridgehead atoms. The van der Waals surface area contributed by atoms with Crippen LogP contribution in [0, 0.1) is 13.8 Å². The Hall–Kier alpha value is -1.93. The van der Waals surface area contributed by atoms with Crippen molar-refractivity contribution in [2.24, 2.45) is 0 Å². The van der Waals surface area contributed by atoms with Gasteiger partial charge in [-0.2, -0.15) is 16.9 Å². The summed E-state index contributed by atoms with van der Waals surface area (Å²) in [7, 11) is 0. The summed E-state index contributed by atoms with van der Waals surface area (Å²) in [6.45, 7) is 4.23. The third kappa shape index (κ3) is 3.53. The van der Waals surface area contributed by atoms with Gasteiger partial charge in [-0.25, -0.2) is 14.5 Å². The molecule has 1 amide bonds. The number of aromatic nitrogens is 4. The third-order valence-corrected chi connectivity index (χ3v) is 4.90. The highest BCUT2D eigenvalue weighted by Gasteiger charge is 2.12. The van der Waals surface area contributed by atoms with Gasteiger partial charge >= 0.3 is 0 Å². The largest absolute Gasteiger partial charge is 0.345 e. The van der Waals surface area contributed by atoms with Gasteiger partial charge in [0.25, 0.3) is 5.91 Å². The van der Waals surface area contributed by atoms with Gasteiger partial charge in [-0.3, -0.25) is 4.79 Å². The Morgan fingerprint density at radius 3 is 2.96 bits per heavy atom. The average molecular weight is 347 g/mol. The van der Waals surface area contributed by atoms with Gasteiger partial charge in [0.1, 0.15) is 10.7 Å². The summed E-state index contributed by atoms with van der Waals surface area (Å²) in [6.07, 6.45) is 2.05. The summed E-state index contributed by atoms with van der Waals surface area (Å²) in [5.41, 5.74) is 3.72. The SMILES string of the molecule is CSCc1nc(CNC(=O)c2cc(C)n3nc(C)cc3n2)cs1. The Balaban J connectivity index is 1.72. The van der Waals surface area contributed by atoms with Gasteiger partial charge in [-0.1, -0.05) is 0 Å². The number of hydrogen-bond acceptors (Lipinski definition) is 6. The lowest BCUT2D eigenvalue weighted by Gasteiger charge is -2.05. The Morgan fingerprint density at radius 2 is 2.17 bits per heavy atom. The monoisotopic (exact) mass is 347 g/mol. The average Bonchev–Trinajstić information content (AvgIpc) is 3.11. The molecular weight excluding hydrogens is 330 g/mol. The Bertz CT molecular complexity index is 855. The maximum Gasteiger partial charge on any atom is 0.270 e. The number of nitrogens with zero attached hydrogens (tertiary/aromatic N) is 4. The fourth-order valence-electron chi connectivity index (χ4n) is 2.24. The van der Waals surface area contributed by atoms with Gasteiger partial charge in [0, 0.05) is 22.9 Å². The number of thiazole rings is 1. The molecule has 3 aromatic rings. The molecule has 1 N–H and O–H groups in total. The van der Waals surface area contributed by atoms with Crippen molar-refractivity contribution in [3.63, 3.8) is 0 Å². The van der Waals surface area contributed by atoms with E-state index in [2.05, 4.69) is 20.4 Å². The van der Waals surface area contributed by atoms with Crippen LogP contribution in [-0.2, 0) is 12.3 Å². The van der Waals surface area contributed by atoms with E-state index in [-0.39, 0.29) is 5.91 Å². The molecule has 8 heteroatoms. The number of aryl methyl sites for hydroxylation is 2. The summed E-state index contributed by atoms with van der Waals surface area (Å²) in [4.78, 5) is 21.2. The summed E-state index contributed by atoms with van der Waals surface area (Å²) < 4.78 is 1.74. The van der Waals surface area contributed by atoms with Crippen LogP contribution in [0.15, 0.2) is 17.5 Å². The molecular formula is C15H17N5OS2. The normalized spacial score (nSPS) is 11.1. The first-order chi connectivity index (χ1) is 11.1. The number of hydrogen-bond donors (Lipinski definition) is 1. The van der Waals surface area contributed by atoms with Gasteiger partial charge in [0.15, 0.2) is 5.65 Å². The lowest BCUT2D eigenvalue weighted by molar-refractivity contribution is 0.0945. The molecule has 0 atom stereocenters. The van der Waals surface area contributed by atoms with E-state index in [0.29, 0.717) is 17.9 Å². The number of carbonyl (C=O) groups is 1. The van der Waals surface area contributed by atoms with Crippen LogP contribution in [0.4, 0.5) is 0 Å². The van der Waals surface area contributed by atoms with E-state index in [4.69, 9.17) is 0 Å². The van der Waals surface area contributed by atoms with Crippen molar-refractivity contribution in [2.45, 2.75) is 26.1 Å². The fraction of sp³-hybridized carbons (Fsp3) is 0.333. The molecule has 0 saturated heterocycles. The molecule has 0 spiro atoms. The molecule has 3 heterocycles. The quantitative estimate of drug-likeness (QED) is 0.768. The lowest BCUT2D eigenvalue weighted by atomic mass is 10.3. The summed E-state index contributed by atoms with van der Waals surface area (Å²) in [5, 5.41) is 10.3. The highest BCUT2D eigenvalue weighted by Crippen LogP contribution is 2.15. The minimum Gasteiger partial charge on any atom is -0.345 e. The van der Waals surface area contributed by atoms with Crippen molar-refractivity contribution in [3.05, 3.63) is 45.3 Å². The molecule has 0 aromatic carbocycles. The van der Waals surface area contributed by atoms with Crippen molar-refractivity contribution in [1.82, 2.24) is 24.9 Å². The van der Waals surface area contributed by atoms with Crippen molar-refractivity contribution in [3.8, 4) is 0 Å². The molecule has 3 aromatic heterocycles. The standard InChI is InChI=1S/C15H17N5OS2/c1-9-4-13-18-12(5-10(2)20(13)19-9)15(21)16-6-11-7-23-14(17-11)8-22-3/h4-5,7H,6,8H2,1-3H3,(H,16,21). The van der Waals surface area contributed by atoms with E-state index in [0.717, 1.165) is 27.8 Å². The van der Waals surface area contributed by atoms with Gasteiger partial charge in [-0.05, 0) is 26.2 Å². The highest BCUT2D eigenvalue weighted by molar-refractivity contribution is 7.97. The van der Waals surface area contributed by atoms with Crippen LogP contribution in [-0.4, -0.2) is 31.7 Å². The van der Waals surface area contributed by atoms with Crippen LogP contribution in [0.2, 0.25) is 0 Å². The van der Waals surface area contributed by atoms with Crippen LogP contribution in [0.5, 0.6) is 0 Å². The molecule has 0 fully saturated rings. The number of carbonyl (C=O) groups excluding carboxylic acids is 1. The summed E-state index contributed by atoms with van der Waals surface area (Å²) in [6, 6.07) is 3.61. The van der Waals surface area contributed by atoms with E-state index in [1.807, 2.05) is 31.5 Å². The number of nitrogens with one attached hydrogen (secondary N) is 1. The zero-order valence-electron chi connectivity index (χ0n) is 13.2. The molecule has 6 nitrogen and oxygen atoms in total. The second-order valence-electron chi connectivity index (χ2n) is 5.19. The number of rotatable bonds is 5. The molecule has 3 rings (SSSR count). The molecule has 0 unspecified atom stereocenters. The van der Waals surface area contributed by atoms with Crippen LogP contribution < -0.4 is 5.32 Å². The number of fused-ring (bicyclic) bond motifs is 1. The van der Waals surface area contributed by atoms with Gasteiger partial charge in [0.05, 0.1) is 17.9 Å². The predicted molar refractivity (Wildman–Crippen MR) is 93.0 cm³/mol. The van der Waals surface area contributed by atoms with E-state index in [1.54, 1.807) is 33.7 Å². The van der Waals surface area contributed by atoms with Crippen LogP contribution in [0.3, 0.4) is 0 Å². The van der Waals surface area contributed by atoms with Crippen LogP contribution >= 0.6 is 23.1 Å². The summed E-state index contributed by atoms with van der Waals surface area (Å²) in [5.74, 6) is 0.699. The first-order valence-corrected chi connectivity index (χ1v) is 9.38. The van der Waals surface area contributed by atoms with Crippen molar-refractivity contribution < 1.29 is 4.79 Å². The van der Waals surface area contributed by atoms with E-state index < -0.39 is 0 Å². The topological polar surface area (TPSA) is 72.2 Å². The molecule has 120 valence electrons. The van der Waals surface area contributed by atoms with Gasteiger partial charge in [-0.15, -0.1) is 11.3 Å². The molecule has 0 aliphatic rings. The second-order valence-corrected chi connectivity index (χ2v) is 7.00.